The van der Waals surface area contributed by atoms with E-state index in [0.29, 0.717) is 43.9 Å². The summed E-state index contributed by atoms with van der Waals surface area (Å²) >= 11 is 3.42. The molecule has 2 aromatic carbocycles. The van der Waals surface area contributed by atoms with Gasteiger partial charge >= 0.3 is 6.16 Å². The molecule has 8 heteroatoms. The molecule has 0 N–H and O–H groups in total. The van der Waals surface area contributed by atoms with Crippen LogP contribution in [0.5, 0.6) is 5.75 Å². The first-order chi connectivity index (χ1) is 14.5. The molecule has 2 aromatic rings. The zero-order valence-corrected chi connectivity index (χ0v) is 18.3. The van der Waals surface area contributed by atoms with Crippen LogP contribution in [0.25, 0.3) is 0 Å². The minimum absolute atomic E-state index is 0.0562. The van der Waals surface area contributed by atoms with E-state index in [0.717, 1.165) is 10.0 Å². The Hall–Kier alpha value is -2.87. The summed E-state index contributed by atoms with van der Waals surface area (Å²) in [6.45, 7) is 3.88. The van der Waals surface area contributed by atoms with Gasteiger partial charge in [0.1, 0.15) is 5.75 Å². The normalized spacial score (nSPS) is 13.7. The molecule has 0 bridgehead atoms. The Morgan fingerprint density at radius 1 is 0.967 bits per heavy atom. The molecule has 3 rings (SSSR count). The van der Waals surface area contributed by atoms with Crippen molar-refractivity contribution in [3.8, 4) is 5.75 Å². The molecule has 0 radical (unpaired) electrons. The monoisotopic (exact) mass is 474 g/mol. The molecule has 0 atom stereocenters. The van der Waals surface area contributed by atoms with Gasteiger partial charge in [-0.2, -0.15) is 0 Å². The van der Waals surface area contributed by atoms with Gasteiger partial charge in [0.25, 0.3) is 5.91 Å². The molecule has 0 aliphatic carbocycles. The highest BCUT2D eigenvalue weighted by molar-refractivity contribution is 9.10. The van der Waals surface area contributed by atoms with Crippen molar-refractivity contribution >= 4 is 33.9 Å². The number of carbonyl (C=O) groups excluding carboxylic acids is 3. The largest absolute Gasteiger partial charge is 0.513 e. The predicted molar refractivity (Wildman–Crippen MR) is 114 cm³/mol. The number of rotatable bonds is 5. The minimum Gasteiger partial charge on any atom is -0.434 e. The summed E-state index contributed by atoms with van der Waals surface area (Å²) < 4.78 is 10.7. The molecule has 1 heterocycles. The van der Waals surface area contributed by atoms with Crippen LogP contribution in [-0.2, 0) is 16.0 Å². The van der Waals surface area contributed by atoms with Gasteiger partial charge in [-0.25, -0.2) is 4.79 Å². The molecule has 1 aliphatic heterocycles. The minimum atomic E-state index is -0.778. The Morgan fingerprint density at radius 3 is 2.27 bits per heavy atom. The lowest BCUT2D eigenvalue weighted by Crippen LogP contribution is -2.51. The van der Waals surface area contributed by atoms with Crippen LogP contribution < -0.4 is 4.74 Å². The third-order valence-corrected chi connectivity index (χ3v) is 5.22. The van der Waals surface area contributed by atoms with Crippen LogP contribution in [0.1, 0.15) is 22.8 Å². The summed E-state index contributed by atoms with van der Waals surface area (Å²) in [7, 11) is 0. The van der Waals surface area contributed by atoms with Gasteiger partial charge in [0.05, 0.1) is 13.0 Å². The third-order valence-electron chi connectivity index (χ3n) is 4.73. The van der Waals surface area contributed by atoms with E-state index in [4.69, 9.17) is 9.47 Å². The smallest absolute Gasteiger partial charge is 0.434 e. The number of hydrogen-bond acceptors (Lipinski definition) is 5. The van der Waals surface area contributed by atoms with E-state index in [9.17, 15) is 14.4 Å². The molecule has 0 aromatic heterocycles. The first-order valence-corrected chi connectivity index (χ1v) is 10.5. The summed E-state index contributed by atoms with van der Waals surface area (Å²) in [5.41, 5.74) is 1.46. The lowest BCUT2D eigenvalue weighted by atomic mass is 10.1. The second-order valence-corrected chi connectivity index (χ2v) is 7.70. The molecule has 1 fully saturated rings. The topological polar surface area (TPSA) is 76.2 Å². The van der Waals surface area contributed by atoms with Gasteiger partial charge in [-0.15, -0.1) is 0 Å². The summed E-state index contributed by atoms with van der Waals surface area (Å²) in [6, 6.07) is 14.0. The number of carbonyl (C=O) groups is 3. The Kier molecular flexibility index (Phi) is 7.46. The van der Waals surface area contributed by atoms with E-state index in [2.05, 4.69) is 15.9 Å². The average molecular weight is 475 g/mol. The van der Waals surface area contributed by atoms with Crippen molar-refractivity contribution < 1.29 is 23.9 Å². The number of benzene rings is 2. The van der Waals surface area contributed by atoms with E-state index >= 15 is 0 Å². The van der Waals surface area contributed by atoms with Crippen molar-refractivity contribution in [1.82, 2.24) is 9.80 Å². The van der Waals surface area contributed by atoms with Crippen molar-refractivity contribution in [3.63, 3.8) is 0 Å². The Labute approximate surface area is 183 Å². The predicted octanol–water partition coefficient (Wildman–Crippen LogP) is 3.51. The molecule has 30 heavy (non-hydrogen) atoms. The SMILES string of the molecule is CCOC(=O)Oc1ccc(C(=O)N2CCN(C(=O)Cc3cccc(Br)c3)CC2)cc1. The van der Waals surface area contributed by atoms with Crippen LogP contribution in [0.2, 0.25) is 0 Å². The van der Waals surface area contributed by atoms with Gasteiger partial charge in [-0.3, -0.25) is 9.59 Å². The molecule has 2 amide bonds. The number of amides is 2. The van der Waals surface area contributed by atoms with Gasteiger partial charge in [0, 0.05) is 36.2 Å². The molecule has 158 valence electrons. The first kappa shape index (κ1) is 21.8. The first-order valence-electron chi connectivity index (χ1n) is 9.72. The molecule has 1 aliphatic rings. The van der Waals surface area contributed by atoms with Crippen LogP contribution >= 0.6 is 15.9 Å². The van der Waals surface area contributed by atoms with Gasteiger partial charge in [0.15, 0.2) is 0 Å². The molecule has 0 saturated carbocycles. The lowest BCUT2D eigenvalue weighted by Gasteiger charge is -2.35. The van der Waals surface area contributed by atoms with E-state index in [1.165, 1.54) is 0 Å². The second kappa shape index (κ2) is 10.2. The summed E-state index contributed by atoms with van der Waals surface area (Å²) in [5, 5.41) is 0. The Morgan fingerprint density at radius 2 is 1.63 bits per heavy atom. The molecule has 1 saturated heterocycles. The standard InChI is InChI=1S/C22H23BrN2O5/c1-2-29-22(28)30-19-8-6-17(7-9-19)21(27)25-12-10-24(11-13-25)20(26)15-16-4-3-5-18(23)14-16/h3-9,14H,2,10-13,15H2,1H3. The average Bonchev–Trinajstić information content (AvgIpc) is 2.74. The summed E-state index contributed by atoms with van der Waals surface area (Å²) in [4.78, 5) is 40.1. The fraction of sp³-hybridized carbons (Fsp3) is 0.318. The number of halogens is 1. The zero-order chi connectivity index (χ0) is 21.5. The lowest BCUT2D eigenvalue weighted by molar-refractivity contribution is -0.131. The van der Waals surface area contributed by atoms with Gasteiger partial charge in [0.2, 0.25) is 5.91 Å². The quantitative estimate of drug-likeness (QED) is 0.489. The zero-order valence-electron chi connectivity index (χ0n) is 16.7. The van der Waals surface area contributed by atoms with Crippen molar-refractivity contribution in [2.45, 2.75) is 13.3 Å². The van der Waals surface area contributed by atoms with Crippen LogP contribution in [0.15, 0.2) is 53.0 Å². The fourth-order valence-electron chi connectivity index (χ4n) is 3.18. The molecular formula is C22H23BrN2O5. The molecule has 7 nitrogen and oxygen atoms in total. The van der Waals surface area contributed by atoms with E-state index in [1.54, 1.807) is 41.0 Å². The maximum absolute atomic E-state index is 12.7. The highest BCUT2D eigenvalue weighted by Gasteiger charge is 2.25. The number of ether oxygens (including phenoxy) is 2. The molecule has 0 unspecified atom stereocenters. The number of nitrogens with zero attached hydrogens (tertiary/aromatic N) is 2. The Balaban J connectivity index is 1.51. The van der Waals surface area contributed by atoms with E-state index in [1.807, 2.05) is 24.3 Å². The Bertz CT molecular complexity index is 908. The van der Waals surface area contributed by atoms with E-state index < -0.39 is 6.16 Å². The van der Waals surface area contributed by atoms with Crippen molar-refractivity contribution in [1.29, 1.82) is 0 Å². The highest BCUT2D eigenvalue weighted by atomic mass is 79.9. The second-order valence-electron chi connectivity index (χ2n) is 6.79. The maximum atomic E-state index is 12.7. The van der Waals surface area contributed by atoms with Crippen LogP contribution in [0.3, 0.4) is 0 Å². The van der Waals surface area contributed by atoms with Crippen LogP contribution in [0.4, 0.5) is 4.79 Å². The van der Waals surface area contributed by atoms with Gasteiger partial charge in [-0.05, 0) is 48.9 Å². The summed E-state index contributed by atoms with van der Waals surface area (Å²) in [6.07, 6.45) is -0.435. The maximum Gasteiger partial charge on any atom is 0.513 e. The molecular weight excluding hydrogens is 452 g/mol. The van der Waals surface area contributed by atoms with Gasteiger partial charge < -0.3 is 19.3 Å². The fourth-order valence-corrected chi connectivity index (χ4v) is 3.63. The number of hydrogen-bond donors (Lipinski definition) is 0. The van der Waals surface area contributed by atoms with Crippen molar-refractivity contribution in [2.24, 2.45) is 0 Å². The van der Waals surface area contributed by atoms with Crippen molar-refractivity contribution in [2.75, 3.05) is 32.8 Å². The van der Waals surface area contributed by atoms with Gasteiger partial charge in [-0.1, -0.05) is 28.1 Å². The number of piperazine rings is 1. The third kappa shape index (κ3) is 5.82. The van der Waals surface area contributed by atoms with Crippen LogP contribution in [-0.4, -0.2) is 60.6 Å². The van der Waals surface area contributed by atoms with Crippen LogP contribution in [0, 0.1) is 0 Å². The van der Waals surface area contributed by atoms with E-state index in [-0.39, 0.29) is 18.4 Å². The molecule has 0 spiro atoms. The summed E-state index contributed by atoms with van der Waals surface area (Å²) in [5.74, 6) is 0.255. The van der Waals surface area contributed by atoms with Crippen molar-refractivity contribution in [3.05, 3.63) is 64.1 Å². The highest BCUT2D eigenvalue weighted by Crippen LogP contribution is 2.17.